The van der Waals surface area contributed by atoms with Crippen molar-refractivity contribution in [1.82, 2.24) is 0 Å². The van der Waals surface area contributed by atoms with E-state index in [9.17, 15) is 4.39 Å². The van der Waals surface area contributed by atoms with Crippen molar-refractivity contribution in [2.24, 2.45) is 11.7 Å². The van der Waals surface area contributed by atoms with Crippen LogP contribution in [-0.2, 0) is 11.3 Å². The standard InChI is InChI=1S/C14H20FNO/c1-11-6-7-14(8-11,10-16)17-9-12-2-4-13(15)5-3-12/h2-5,11H,6-10,16H2,1H3. The highest BCUT2D eigenvalue weighted by atomic mass is 19.1. The number of benzene rings is 1. The monoisotopic (exact) mass is 237 g/mol. The van der Waals surface area contributed by atoms with Crippen molar-refractivity contribution in [1.29, 1.82) is 0 Å². The third kappa shape index (κ3) is 3.05. The van der Waals surface area contributed by atoms with Gasteiger partial charge in [0.1, 0.15) is 5.82 Å². The lowest BCUT2D eigenvalue weighted by atomic mass is 10.0. The van der Waals surface area contributed by atoms with E-state index in [2.05, 4.69) is 6.92 Å². The van der Waals surface area contributed by atoms with E-state index in [0.29, 0.717) is 19.1 Å². The summed E-state index contributed by atoms with van der Waals surface area (Å²) in [7, 11) is 0. The summed E-state index contributed by atoms with van der Waals surface area (Å²) in [5.74, 6) is 0.476. The number of rotatable bonds is 4. The van der Waals surface area contributed by atoms with Crippen LogP contribution in [0.1, 0.15) is 31.7 Å². The molecule has 2 nitrogen and oxygen atoms in total. The van der Waals surface area contributed by atoms with Gasteiger partial charge in [-0.3, -0.25) is 0 Å². The third-order valence-corrected chi connectivity index (χ3v) is 3.64. The molecule has 17 heavy (non-hydrogen) atoms. The maximum Gasteiger partial charge on any atom is 0.123 e. The highest BCUT2D eigenvalue weighted by Crippen LogP contribution is 2.37. The van der Waals surface area contributed by atoms with Gasteiger partial charge in [0.15, 0.2) is 0 Å². The Morgan fingerprint density at radius 2 is 2.12 bits per heavy atom. The van der Waals surface area contributed by atoms with Gasteiger partial charge in [-0.05, 0) is 42.9 Å². The first-order chi connectivity index (χ1) is 8.13. The van der Waals surface area contributed by atoms with Crippen molar-refractivity contribution in [2.75, 3.05) is 6.54 Å². The fourth-order valence-electron chi connectivity index (χ4n) is 2.54. The van der Waals surface area contributed by atoms with Gasteiger partial charge in [-0.25, -0.2) is 4.39 Å². The molecule has 1 aromatic carbocycles. The summed E-state index contributed by atoms with van der Waals surface area (Å²) in [4.78, 5) is 0. The molecule has 1 saturated carbocycles. The number of hydrogen-bond donors (Lipinski definition) is 1. The molecule has 2 rings (SSSR count). The highest BCUT2D eigenvalue weighted by molar-refractivity contribution is 5.15. The molecule has 0 aromatic heterocycles. The van der Waals surface area contributed by atoms with Crippen LogP contribution in [-0.4, -0.2) is 12.1 Å². The minimum absolute atomic E-state index is 0.159. The Morgan fingerprint density at radius 3 is 2.65 bits per heavy atom. The van der Waals surface area contributed by atoms with Gasteiger partial charge < -0.3 is 10.5 Å². The zero-order valence-electron chi connectivity index (χ0n) is 10.3. The average molecular weight is 237 g/mol. The quantitative estimate of drug-likeness (QED) is 0.874. The minimum atomic E-state index is -0.211. The van der Waals surface area contributed by atoms with Crippen LogP contribution in [0, 0.1) is 11.7 Å². The lowest BCUT2D eigenvalue weighted by Gasteiger charge is -2.28. The first-order valence-corrected chi connectivity index (χ1v) is 6.22. The van der Waals surface area contributed by atoms with E-state index < -0.39 is 0 Å². The lowest BCUT2D eigenvalue weighted by Crippen LogP contribution is -2.38. The van der Waals surface area contributed by atoms with Gasteiger partial charge in [-0.15, -0.1) is 0 Å². The van der Waals surface area contributed by atoms with E-state index in [1.54, 1.807) is 12.1 Å². The van der Waals surface area contributed by atoms with Crippen molar-refractivity contribution in [3.8, 4) is 0 Å². The maximum atomic E-state index is 12.8. The SMILES string of the molecule is CC1CCC(CN)(OCc2ccc(F)cc2)C1. The zero-order valence-corrected chi connectivity index (χ0v) is 10.3. The molecule has 1 aliphatic carbocycles. The summed E-state index contributed by atoms with van der Waals surface area (Å²) in [6.07, 6.45) is 3.25. The Bertz CT molecular complexity index is 365. The summed E-state index contributed by atoms with van der Waals surface area (Å²) >= 11 is 0. The second-order valence-electron chi connectivity index (χ2n) is 5.15. The number of halogens is 1. The fourth-order valence-corrected chi connectivity index (χ4v) is 2.54. The molecule has 2 N–H and O–H groups in total. The van der Waals surface area contributed by atoms with Gasteiger partial charge >= 0.3 is 0 Å². The van der Waals surface area contributed by atoms with Crippen molar-refractivity contribution in [3.63, 3.8) is 0 Å². The molecular weight excluding hydrogens is 217 g/mol. The molecule has 0 aliphatic heterocycles. The predicted molar refractivity (Wildman–Crippen MR) is 66.0 cm³/mol. The number of hydrogen-bond acceptors (Lipinski definition) is 2. The molecule has 2 unspecified atom stereocenters. The number of nitrogens with two attached hydrogens (primary N) is 1. The Kier molecular flexibility index (Phi) is 3.79. The summed E-state index contributed by atoms with van der Waals surface area (Å²) in [6, 6.07) is 6.45. The maximum absolute atomic E-state index is 12.8. The van der Waals surface area contributed by atoms with Crippen molar-refractivity contribution in [3.05, 3.63) is 35.6 Å². The molecule has 1 aromatic rings. The minimum Gasteiger partial charge on any atom is -0.369 e. The average Bonchev–Trinajstić information content (AvgIpc) is 2.71. The van der Waals surface area contributed by atoms with E-state index >= 15 is 0 Å². The van der Waals surface area contributed by atoms with Gasteiger partial charge in [0.05, 0.1) is 12.2 Å². The molecule has 1 aliphatic rings. The van der Waals surface area contributed by atoms with E-state index in [-0.39, 0.29) is 11.4 Å². The first-order valence-electron chi connectivity index (χ1n) is 6.22. The molecule has 0 amide bonds. The third-order valence-electron chi connectivity index (χ3n) is 3.64. The van der Waals surface area contributed by atoms with E-state index in [1.807, 2.05) is 0 Å². The molecule has 2 atom stereocenters. The van der Waals surface area contributed by atoms with Crippen molar-refractivity contribution in [2.45, 2.75) is 38.4 Å². The highest BCUT2D eigenvalue weighted by Gasteiger charge is 2.37. The smallest absolute Gasteiger partial charge is 0.123 e. The molecular formula is C14H20FNO. The number of ether oxygens (including phenoxy) is 1. The van der Waals surface area contributed by atoms with Crippen LogP contribution in [0.4, 0.5) is 4.39 Å². The lowest BCUT2D eigenvalue weighted by molar-refractivity contribution is -0.0471. The van der Waals surface area contributed by atoms with Gasteiger partial charge in [-0.2, -0.15) is 0 Å². The van der Waals surface area contributed by atoms with Crippen LogP contribution < -0.4 is 5.73 Å². The van der Waals surface area contributed by atoms with Crippen LogP contribution in [0.25, 0.3) is 0 Å². The van der Waals surface area contributed by atoms with Crippen LogP contribution in [0.2, 0.25) is 0 Å². The van der Waals surface area contributed by atoms with Crippen LogP contribution in [0.15, 0.2) is 24.3 Å². The molecule has 0 radical (unpaired) electrons. The second-order valence-corrected chi connectivity index (χ2v) is 5.15. The van der Waals surface area contributed by atoms with Gasteiger partial charge in [-0.1, -0.05) is 19.1 Å². The van der Waals surface area contributed by atoms with E-state index in [0.717, 1.165) is 18.4 Å². The zero-order chi connectivity index (χ0) is 12.3. The Balaban J connectivity index is 1.94. The van der Waals surface area contributed by atoms with E-state index in [1.165, 1.54) is 18.6 Å². The first kappa shape index (κ1) is 12.5. The van der Waals surface area contributed by atoms with E-state index in [4.69, 9.17) is 10.5 Å². The largest absolute Gasteiger partial charge is 0.369 e. The van der Waals surface area contributed by atoms with Crippen LogP contribution in [0.3, 0.4) is 0 Å². The Labute approximate surface area is 102 Å². The van der Waals surface area contributed by atoms with Gasteiger partial charge in [0.2, 0.25) is 0 Å². The van der Waals surface area contributed by atoms with Crippen LogP contribution in [0.5, 0.6) is 0 Å². The summed E-state index contributed by atoms with van der Waals surface area (Å²) in [5, 5.41) is 0. The second kappa shape index (κ2) is 5.15. The molecule has 0 spiro atoms. The van der Waals surface area contributed by atoms with Crippen molar-refractivity contribution >= 4 is 0 Å². The molecule has 1 fully saturated rings. The Morgan fingerprint density at radius 1 is 1.41 bits per heavy atom. The van der Waals surface area contributed by atoms with Crippen LogP contribution >= 0.6 is 0 Å². The molecule has 0 bridgehead atoms. The van der Waals surface area contributed by atoms with Crippen molar-refractivity contribution < 1.29 is 9.13 Å². The fraction of sp³-hybridized carbons (Fsp3) is 0.571. The normalized spacial score (nSPS) is 28.5. The topological polar surface area (TPSA) is 35.2 Å². The predicted octanol–water partition coefficient (Wildman–Crippen LogP) is 2.86. The molecule has 94 valence electrons. The van der Waals surface area contributed by atoms with Gasteiger partial charge in [0, 0.05) is 6.54 Å². The summed E-state index contributed by atoms with van der Waals surface area (Å²) < 4.78 is 18.7. The summed E-state index contributed by atoms with van der Waals surface area (Å²) in [6.45, 7) is 3.32. The molecule has 0 heterocycles. The molecule has 0 saturated heterocycles. The Hall–Kier alpha value is -0.930. The molecule has 3 heteroatoms. The van der Waals surface area contributed by atoms with Gasteiger partial charge in [0.25, 0.3) is 0 Å². The summed E-state index contributed by atoms with van der Waals surface area (Å²) in [5.41, 5.74) is 6.67.